The number of thiazole rings is 1. The summed E-state index contributed by atoms with van der Waals surface area (Å²) in [5.41, 5.74) is 0.996. The summed E-state index contributed by atoms with van der Waals surface area (Å²) in [4.78, 5) is 6.76. The van der Waals surface area contributed by atoms with Crippen LogP contribution in [0.3, 0.4) is 0 Å². The molecule has 104 valence electrons. The highest BCUT2D eigenvalue weighted by molar-refractivity contribution is 7.09. The van der Waals surface area contributed by atoms with Crippen LogP contribution in [0.2, 0.25) is 0 Å². The minimum absolute atomic E-state index is 0.322. The van der Waals surface area contributed by atoms with Crippen LogP contribution in [0.4, 0.5) is 0 Å². The van der Waals surface area contributed by atoms with Gasteiger partial charge in [-0.05, 0) is 33.9 Å². The molecule has 0 radical (unpaired) electrons. The molecule has 0 bridgehead atoms. The van der Waals surface area contributed by atoms with Gasteiger partial charge in [-0.25, -0.2) is 4.98 Å². The van der Waals surface area contributed by atoms with Gasteiger partial charge < -0.3 is 9.64 Å². The van der Waals surface area contributed by atoms with Crippen molar-refractivity contribution >= 4 is 22.9 Å². The molecular formula is C13H23ClN2OS. The van der Waals surface area contributed by atoms with E-state index in [0.717, 1.165) is 38.2 Å². The number of aryl methyl sites for hydroxylation is 1. The van der Waals surface area contributed by atoms with Gasteiger partial charge in [-0.3, -0.25) is 0 Å². The van der Waals surface area contributed by atoms with Gasteiger partial charge in [-0.2, -0.15) is 0 Å². The summed E-state index contributed by atoms with van der Waals surface area (Å²) < 4.78 is 5.53. The van der Waals surface area contributed by atoms with E-state index in [-0.39, 0.29) is 0 Å². The van der Waals surface area contributed by atoms with Crippen molar-refractivity contribution in [3.63, 3.8) is 0 Å². The zero-order valence-electron chi connectivity index (χ0n) is 11.5. The number of nitrogens with zero attached hydrogens (tertiary/aromatic N) is 2. The van der Waals surface area contributed by atoms with E-state index < -0.39 is 0 Å². The summed E-state index contributed by atoms with van der Waals surface area (Å²) in [6.45, 7) is 7.01. The molecule has 1 rings (SSSR count). The van der Waals surface area contributed by atoms with Crippen molar-refractivity contribution in [2.75, 3.05) is 26.7 Å². The molecular weight excluding hydrogens is 268 g/mol. The smallest absolute Gasteiger partial charge is 0.0929 e. The van der Waals surface area contributed by atoms with E-state index in [1.54, 1.807) is 11.3 Å². The van der Waals surface area contributed by atoms with Gasteiger partial charge in [0.1, 0.15) is 0 Å². The number of hydrogen-bond acceptors (Lipinski definition) is 4. The third-order valence-electron chi connectivity index (χ3n) is 2.59. The molecule has 0 atom stereocenters. The second kappa shape index (κ2) is 8.86. The maximum Gasteiger partial charge on any atom is 0.0929 e. The van der Waals surface area contributed by atoms with Crippen molar-refractivity contribution in [2.45, 2.75) is 38.7 Å². The Hall–Kier alpha value is -0.160. The standard InChI is InChI=1S/C13H23ClN2OS/c1-11(2)17-8-7-16(3)6-4-5-13-15-12(9-14)10-18-13/h10-11H,4-9H2,1-3H3. The molecule has 0 unspecified atom stereocenters. The van der Waals surface area contributed by atoms with Crippen LogP contribution >= 0.6 is 22.9 Å². The molecule has 0 saturated heterocycles. The third kappa shape index (κ3) is 6.69. The summed E-state index contributed by atoms with van der Waals surface area (Å²) >= 11 is 7.44. The quantitative estimate of drug-likeness (QED) is 0.653. The maximum atomic E-state index is 5.73. The molecule has 0 aromatic carbocycles. The average Bonchev–Trinajstić information content (AvgIpc) is 2.76. The van der Waals surface area contributed by atoms with E-state index in [1.807, 2.05) is 5.38 Å². The lowest BCUT2D eigenvalue weighted by molar-refractivity contribution is 0.0637. The first-order valence-electron chi connectivity index (χ1n) is 6.41. The Balaban J connectivity index is 2.09. The van der Waals surface area contributed by atoms with Gasteiger partial charge in [-0.15, -0.1) is 22.9 Å². The minimum atomic E-state index is 0.322. The number of hydrogen-bond donors (Lipinski definition) is 0. The Labute approximate surface area is 119 Å². The van der Waals surface area contributed by atoms with Crippen LogP contribution in [0, 0.1) is 0 Å². The second-order valence-electron chi connectivity index (χ2n) is 4.69. The Kier molecular flexibility index (Phi) is 7.82. The molecule has 18 heavy (non-hydrogen) atoms. The summed E-state index contributed by atoms with van der Waals surface area (Å²) in [5, 5.41) is 3.24. The number of rotatable bonds is 9. The first-order valence-corrected chi connectivity index (χ1v) is 7.82. The van der Waals surface area contributed by atoms with Crippen molar-refractivity contribution in [1.29, 1.82) is 0 Å². The van der Waals surface area contributed by atoms with Crippen LogP contribution in [0.1, 0.15) is 31.0 Å². The number of halogens is 1. The van der Waals surface area contributed by atoms with Crippen LogP contribution in [0.25, 0.3) is 0 Å². The van der Waals surface area contributed by atoms with Crippen molar-refractivity contribution < 1.29 is 4.74 Å². The first-order chi connectivity index (χ1) is 8.61. The van der Waals surface area contributed by atoms with E-state index >= 15 is 0 Å². The summed E-state index contributed by atoms with van der Waals surface area (Å²) in [5.74, 6) is 0.517. The van der Waals surface area contributed by atoms with Gasteiger partial charge in [0.15, 0.2) is 0 Å². The van der Waals surface area contributed by atoms with Crippen LogP contribution in [0.5, 0.6) is 0 Å². The average molecular weight is 291 g/mol. The molecule has 0 fully saturated rings. The zero-order valence-corrected chi connectivity index (χ0v) is 13.1. The third-order valence-corrected chi connectivity index (χ3v) is 3.82. The fraction of sp³-hybridized carbons (Fsp3) is 0.769. The zero-order chi connectivity index (χ0) is 13.4. The largest absolute Gasteiger partial charge is 0.377 e. The van der Waals surface area contributed by atoms with E-state index in [0.29, 0.717) is 12.0 Å². The molecule has 0 aliphatic rings. The van der Waals surface area contributed by atoms with Crippen LogP contribution < -0.4 is 0 Å². The second-order valence-corrected chi connectivity index (χ2v) is 5.90. The van der Waals surface area contributed by atoms with Gasteiger partial charge in [-0.1, -0.05) is 0 Å². The van der Waals surface area contributed by atoms with Crippen LogP contribution in [0.15, 0.2) is 5.38 Å². The molecule has 0 aliphatic heterocycles. The lowest BCUT2D eigenvalue weighted by Crippen LogP contribution is -2.25. The Morgan fingerprint density at radius 2 is 2.22 bits per heavy atom. The fourth-order valence-electron chi connectivity index (χ4n) is 1.58. The van der Waals surface area contributed by atoms with Crippen molar-refractivity contribution in [3.8, 4) is 0 Å². The molecule has 0 amide bonds. The highest BCUT2D eigenvalue weighted by atomic mass is 35.5. The SMILES string of the molecule is CC(C)OCCN(C)CCCc1nc(CCl)cs1. The monoisotopic (exact) mass is 290 g/mol. The topological polar surface area (TPSA) is 25.4 Å². The van der Waals surface area contributed by atoms with Crippen molar-refractivity contribution in [1.82, 2.24) is 9.88 Å². The molecule has 0 N–H and O–H groups in total. The number of alkyl halides is 1. The number of ether oxygens (including phenoxy) is 1. The first kappa shape index (κ1) is 15.9. The Morgan fingerprint density at radius 3 is 2.83 bits per heavy atom. The van der Waals surface area contributed by atoms with Crippen LogP contribution in [-0.2, 0) is 17.0 Å². The predicted molar refractivity (Wildman–Crippen MR) is 78.6 cm³/mol. The molecule has 0 aliphatic carbocycles. The number of likely N-dealkylation sites (N-methyl/N-ethyl adjacent to an activating group) is 1. The molecule has 1 heterocycles. The summed E-state index contributed by atoms with van der Waals surface area (Å²) in [6.07, 6.45) is 2.49. The van der Waals surface area contributed by atoms with E-state index in [2.05, 4.69) is 30.8 Å². The highest BCUT2D eigenvalue weighted by Crippen LogP contribution is 2.13. The molecule has 0 spiro atoms. The lowest BCUT2D eigenvalue weighted by Gasteiger charge is -2.17. The lowest BCUT2D eigenvalue weighted by atomic mass is 10.3. The van der Waals surface area contributed by atoms with Gasteiger partial charge in [0.05, 0.1) is 29.3 Å². The van der Waals surface area contributed by atoms with E-state index in [1.165, 1.54) is 5.01 Å². The normalized spacial score (nSPS) is 11.7. The highest BCUT2D eigenvalue weighted by Gasteiger charge is 2.03. The van der Waals surface area contributed by atoms with E-state index in [9.17, 15) is 0 Å². The Morgan fingerprint density at radius 1 is 1.44 bits per heavy atom. The van der Waals surface area contributed by atoms with Gasteiger partial charge in [0.25, 0.3) is 0 Å². The molecule has 0 saturated carbocycles. The molecule has 5 heteroatoms. The van der Waals surface area contributed by atoms with Gasteiger partial charge in [0.2, 0.25) is 0 Å². The van der Waals surface area contributed by atoms with Crippen molar-refractivity contribution in [2.24, 2.45) is 0 Å². The van der Waals surface area contributed by atoms with Crippen LogP contribution in [-0.4, -0.2) is 42.7 Å². The van der Waals surface area contributed by atoms with Gasteiger partial charge >= 0.3 is 0 Å². The predicted octanol–water partition coefficient (Wildman–Crippen LogP) is 3.17. The molecule has 1 aromatic heterocycles. The van der Waals surface area contributed by atoms with Crippen molar-refractivity contribution in [3.05, 3.63) is 16.1 Å². The van der Waals surface area contributed by atoms with Gasteiger partial charge in [0, 0.05) is 18.3 Å². The summed E-state index contributed by atoms with van der Waals surface area (Å²) in [6, 6.07) is 0. The summed E-state index contributed by atoms with van der Waals surface area (Å²) in [7, 11) is 2.13. The maximum absolute atomic E-state index is 5.73. The molecule has 3 nitrogen and oxygen atoms in total. The number of aromatic nitrogens is 1. The minimum Gasteiger partial charge on any atom is -0.377 e. The molecule has 1 aromatic rings. The Bertz CT molecular complexity index is 331. The fourth-order valence-corrected chi connectivity index (χ4v) is 2.65. The van der Waals surface area contributed by atoms with E-state index in [4.69, 9.17) is 16.3 Å².